The van der Waals surface area contributed by atoms with Crippen LogP contribution in [0, 0.1) is 0 Å². The molecule has 0 spiro atoms. The number of esters is 1. The predicted octanol–water partition coefficient (Wildman–Crippen LogP) is -0.167. The van der Waals surface area contributed by atoms with Crippen molar-refractivity contribution in [3.8, 4) is 0 Å². The van der Waals surface area contributed by atoms with Crippen LogP contribution in [0.3, 0.4) is 0 Å². The highest BCUT2D eigenvalue weighted by atomic mass is 16.6. The molecule has 0 aromatic carbocycles. The fourth-order valence-corrected chi connectivity index (χ4v) is 0.633. The molecule has 0 atom stereocenters. The summed E-state index contributed by atoms with van der Waals surface area (Å²) in [5, 5.41) is 8.20. The minimum atomic E-state index is -1.19. The molecule has 0 saturated carbocycles. The molecule has 0 aliphatic carbocycles. The molecule has 0 aliphatic heterocycles. The van der Waals surface area contributed by atoms with Gasteiger partial charge in [-0.3, -0.25) is 0 Å². The van der Waals surface area contributed by atoms with E-state index in [0.29, 0.717) is 19.3 Å². The molecule has 0 unspecified atom stereocenters. The summed E-state index contributed by atoms with van der Waals surface area (Å²) in [6, 6.07) is 0. The van der Waals surface area contributed by atoms with Crippen molar-refractivity contribution in [2.75, 3.05) is 33.5 Å². The number of hydrogen-bond acceptors (Lipinski definition) is 5. The number of carboxylic acids is 1. The van der Waals surface area contributed by atoms with Crippen LogP contribution in [0.5, 0.6) is 0 Å². The number of carboxylic acid groups (broad SMARTS) is 1. The Hall–Kier alpha value is -1.40. The number of carbonyl (C=O) groups is 2. The normalized spacial score (nSPS) is 10.5. The van der Waals surface area contributed by atoms with Crippen molar-refractivity contribution in [3.63, 3.8) is 0 Å². The molecule has 0 aliphatic rings. The van der Waals surface area contributed by atoms with E-state index < -0.39 is 11.9 Å². The first-order valence-electron chi connectivity index (χ1n) is 4.31. The van der Waals surface area contributed by atoms with Crippen LogP contribution >= 0.6 is 0 Å². The van der Waals surface area contributed by atoms with Crippen LogP contribution in [0.25, 0.3) is 0 Å². The van der Waals surface area contributed by atoms with Crippen LogP contribution in [0.15, 0.2) is 12.2 Å². The first kappa shape index (κ1) is 13.6. The molecular weight excluding hydrogens is 204 g/mol. The predicted molar refractivity (Wildman–Crippen MR) is 50.4 cm³/mol. The molecular formula is C9H14O6. The highest BCUT2D eigenvalue weighted by Gasteiger charge is 1.97. The lowest BCUT2D eigenvalue weighted by Crippen LogP contribution is -2.11. The molecule has 6 heteroatoms. The van der Waals surface area contributed by atoms with Crippen molar-refractivity contribution in [1.29, 1.82) is 0 Å². The zero-order chi connectivity index (χ0) is 11.5. The number of carbonyl (C=O) groups excluding carboxylic acids is 1. The second kappa shape index (κ2) is 9.17. The van der Waals surface area contributed by atoms with Gasteiger partial charge in [-0.25, -0.2) is 9.59 Å². The highest BCUT2D eigenvalue weighted by molar-refractivity contribution is 5.90. The van der Waals surface area contributed by atoms with E-state index in [0.717, 1.165) is 6.08 Å². The Labute approximate surface area is 87.4 Å². The van der Waals surface area contributed by atoms with Gasteiger partial charge in [-0.2, -0.15) is 0 Å². The average Bonchev–Trinajstić information content (AvgIpc) is 2.20. The lowest BCUT2D eigenvalue weighted by atomic mass is 10.5. The van der Waals surface area contributed by atoms with Gasteiger partial charge in [0.15, 0.2) is 0 Å². The second-order valence-electron chi connectivity index (χ2n) is 2.44. The van der Waals surface area contributed by atoms with Gasteiger partial charge < -0.3 is 19.3 Å². The number of methoxy groups -OCH3 is 1. The minimum Gasteiger partial charge on any atom is -0.478 e. The van der Waals surface area contributed by atoms with Crippen LogP contribution in [-0.2, 0) is 23.8 Å². The van der Waals surface area contributed by atoms with Gasteiger partial charge in [0, 0.05) is 19.3 Å². The maximum Gasteiger partial charge on any atom is 0.331 e. The van der Waals surface area contributed by atoms with E-state index in [1.807, 2.05) is 0 Å². The molecule has 0 heterocycles. The monoisotopic (exact) mass is 218 g/mol. The Morgan fingerprint density at radius 3 is 2.40 bits per heavy atom. The highest BCUT2D eigenvalue weighted by Crippen LogP contribution is 1.84. The smallest absolute Gasteiger partial charge is 0.331 e. The van der Waals surface area contributed by atoms with Gasteiger partial charge in [0.1, 0.15) is 6.61 Å². The van der Waals surface area contributed by atoms with Crippen molar-refractivity contribution < 1.29 is 28.9 Å². The van der Waals surface area contributed by atoms with Crippen molar-refractivity contribution in [2.45, 2.75) is 0 Å². The standard InChI is InChI=1S/C9H14O6/c1-13-4-5-14-6-7-15-9(12)3-2-8(10)11/h2-3H,4-7H2,1H3,(H,10,11). The molecule has 0 saturated heterocycles. The molecule has 0 radical (unpaired) electrons. The third-order valence-electron chi connectivity index (χ3n) is 1.27. The van der Waals surface area contributed by atoms with Crippen molar-refractivity contribution in [2.24, 2.45) is 0 Å². The largest absolute Gasteiger partial charge is 0.478 e. The molecule has 0 aromatic rings. The van der Waals surface area contributed by atoms with Gasteiger partial charge >= 0.3 is 11.9 Å². The maximum absolute atomic E-state index is 10.8. The Balaban J connectivity index is 3.35. The molecule has 1 N–H and O–H groups in total. The Bertz CT molecular complexity index is 223. The van der Waals surface area contributed by atoms with E-state index in [9.17, 15) is 9.59 Å². The van der Waals surface area contributed by atoms with Crippen LogP contribution in [0.2, 0.25) is 0 Å². The zero-order valence-corrected chi connectivity index (χ0v) is 8.47. The van der Waals surface area contributed by atoms with Crippen LogP contribution in [0.1, 0.15) is 0 Å². The summed E-state index contributed by atoms with van der Waals surface area (Å²) in [4.78, 5) is 20.8. The summed E-state index contributed by atoms with van der Waals surface area (Å²) in [5.74, 6) is -1.89. The lowest BCUT2D eigenvalue weighted by molar-refractivity contribution is -0.140. The summed E-state index contributed by atoms with van der Waals surface area (Å²) < 4.78 is 14.4. The number of ether oxygens (including phenoxy) is 3. The number of rotatable bonds is 8. The molecule has 0 amide bonds. The Kier molecular flexibility index (Phi) is 8.31. The zero-order valence-electron chi connectivity index (χ0n) is 8.47. The molecule has 0 bridgehead atoms. The van der Waals surface area contributed by atoms with E-state index in [2.05, 4.69) is 4.74 Å². The summed E-state index contributed by atoms with van der Waals surface area (Å²) in [7, 11) is 1.56. The van der Waals surface area contributed by atoms with Gasteiger partial charge in [-0.1, -0.05) is 0 Å². The fraction of sp³-hybridized carbons (Fsp3) is 0.556. The van der Waals surface area contributed by atoms with E-state index >= 15 is 0 Å². The lowest BCUT2D eigenvalue weighted by Gasteiger charge is -2.03. The third-order valence-corrected chi connectivity index (χ3v) is 1.27. The second-order valence-corrected chi connectivity index (χ2v) is 2.44. The summed E-state index contributed by atoms with van der Waals surface area (Å²) in [6.45, 7) is 1.26. The third kappa shape index (κ3) is 10.5. The fourth-order valence-electron chi connectivity index (χ4n) is 0.633. The van der Waals surface area contributed by atoms with E-state index in [1.165, 1.54) is 0 Å². The molecule has 86 valence electrons. The Morgan fingerprint density at radius 1 is 1.13 bits per heavy atom. The van der Waals surface area contributed by atoms with Crippen LogP contribution in [-0.4, -0.2) is 50.6 Å². The number of aliphatic carboxylic acids is 1. The molecule has 0 rings (SSSR count). The van der Waals surface area contributed by atoms with Gasteiger partial charge in [-0.05, 0) is 0 Å². The average molecular weight is 218 g/mol. The van der Waals surface area contributed by atoms with Crippen molar-refractivity contribution >= 4 is 11.9 Å². The van der Waals surface area contributed by atoms with Crippen LogP contribution in [0.4, 0.5) is 0 Å². The molecule has 15 heavy (non-hydrogen) atoms. The molecule has 0 aromatic heterocycles. The van der Waals surface area contributed by atoms with Crippen molar-refractivity contribution in [1.82, 2.24) is 0 Å². The Morgan fingerprint density at radius 2 is 1.80 bits per heavy atom. The van der Waals surface area contributed by atoms with Gasteiger partial charge in [0.25, 0.3) is 0 Å². The van der Waals surface area contributed by atoms with Gasteiger partial charge in [-0.15, -0.1) is 0 Å². The van der Waals surface area contributed by atoms with E-state index in [-0.39, 0.29) is 13.2 Å². The summed E-state index contributed by atoms with van der Waals surface area (Å²) in [6.07, 6.45) is 1.56. The topological polar surface area (TPSA) is 82.1 Å². The van der Waals surface area contributed by atoms with Crippen molar-refractivity contribution in [3.05, 3.63) is 12.2 Å². The number of hydrogen-bond donors (Lipinski definition) is 1. The van der Waals surface area contributed by atoms with Gasteiger partial charge in [0.05, 0.1) is 19.8 Å². The first-order valence-corrected chi connectivity index (χ1v) is 4.31. The molecule has 6 nitrogen and oxygen atoms in total. The van der Waals surface area contributed by atoms with E-state index in [4.69, 9.17) is 14.6 Å². The minimum absolute atomic E-state index is 0.0898. The first-order chi connectivity index (χ1) is 7.16. The maximum atomic E-state index is 10.8. The SMILES string of the molecule is COCCOCCOC(=O)C=CC(=O)O. The summed E-state index contributed by atoms with van der Waals surface area (Å²) >= 11 is 0. The van der Waals surface area contributed by atoms with E-state index in [1.54, 1.807) is 7.11 Å². The quantitative estimate of drug-likeness (QED) is 0.346. The summed E-state index contributed by atoms with van der Waals surface area (Å²) in [5.41, 5.74) is 0. The van der Waals surface area contributed by atoms with Gasteiger partial charge in [0.2, 0.25) is 0 Å². The molecule has 0 fully saturated rings. The van der Waals surface area contributed by atoms with Crippen LogP contribution < -0.4 is 0 Å².